The van der Waals surface area contributed by atoms with Gasteiger partial charge in [-0.2, -0.15) is 4.39 Å². The van der Waals surface area contributed by atoms with Gasteiger partial charge in [0.05, 0.1) is 4.47 Å². The molecule has 1 aromatic rings. The zero-order chi connectivity index (χ0) is 12.5. The molecule has 0 spiro atoms. The van der Waals surface area contributed by atoms with E-state index in [1.165, 1.54) is 0 Å². The van der Waals surface area contributed by atoms with Crippen LogP contribution >= 0.6 is 15.9 Å². The quantitative estimate of drug-likeness (QED) is 0.590. The number of hydrogen-bond donors (Lipinski definition) is 0. The number of carbonyl (C=O) groups is 1. The fourth-order valence-corrected chi connectivity index (χ4v) is 1.25. The lowest BCUT2D eigenvalue weighted by atomic mass is 10.2. The van der Waals surface area contributed by atoms with E-state index in [9.17, 15) is 13.6 Å². The summed E-state index contributed by atoms with van der Waals surface area (Å²) in [5.41, 5.74) is -1.61. The molecule has 1 rings (SSSR count). The highest BCUT2D eigenvalue weighted by molar-refractivity contribution is 9.10. The molecule has 1 heterocycles. The van der Waals surface area contributed by atoms with Crippen LogP contribution in [0.2, 0.25) is 0 Å². The van der Waals surface area contributed by atoms with E-state index in [1.807, 2.05) is 0 Å². The van der Waals surface area contributed by atoms with E-state index in [2.05, 4.69) is 20.9 Å². The largest absolute Gasteiger partial charge is 0.456 e. The molecule has 0 amide bonds. The Morgan fingerprint density at radius 3 is 2.50 bits per heavy atom. The minimum absolute atomic E-state index is 0.0882. The molecule has 0 radical (unpaired) electrons. The lowest BCUT2D eigenvalue weighted by Crippen LogP contribution is -2.25. The van der Waals surface area contributed by atoms with Crippen LogP contribution in [0.3, 0.4) is 0 Å². The highest BCUT2D eigenvalue weighted by Gasteiger charge is 2.26. The van der Waals surface area contributed by atoms with Gasteiger partial charge in [-0.25, -0.2) is 14.2 Å². The molecular weight excluding hydrogens is 284 g/mol. The lowest BCUT2D eigenvalue weighted by molar-refractivity contribution is 0.00582. The minimum Gasteiger partial charge on any atom is -0.456 e. The first-order chi connectivity index (χ1) is 7.22. The molecule has 88 valence electrons. The smallest absolute Gasteiger partial charge is 0.346 e. The Hall–Kier alpha value is -1.04. The van der Waals surface area contributed by atoms with Crippen molar-refractivity contribution >= 4 is 21.9 Å². The summed E-state index contributed by atoms with van der Waals surface area (Å²) >= 11 is 2.82. The predicted molar refractivity (Wildman–Crippen MR) is 57.0 cm³/mol. The Labute approximate surface area is 99.9 Å². The molecule has 1 aromatic heterocycles. The summed E-state index contributed by atoms with van der Waals surface area (Å²) in [5.74, 6) is -3.27. The maximum Gasteiger partial charge on any atom is 0.346 e. The van der Waals surface area contributed by atoms with E-state index in [4.69, 9.17) is 4.74 Å². The molecular formula is C10H10BrF2NO2. The van der Waals surface area contributed by atoms with Crippen LogP contribution in [0.5, 0.6) is 0 Å². The Bertz CT molecular complexity index is 430. The van der Waals surface area contributed by atoms with Gasteiger partial charge in [-0.1, -0.05) is 0 Å². The van der Waals surface area contributed by atoms with E-state index >= 15 is 0 Å². The normalized spacial score (nSPS) is 11.4. The first-order valence-corrected chi connectivity index (χ1v) is 5.24. The monoisotopic (exact) mass is 293 g/mol. The molecule has 6 heteroatoms. The molecule has 0 atom stereocenters. The number of halogens is 3. The molecule has 0 saturated carbocycles. The first-order valence-electron chi connectivity index (χ1n) is 4.45. The molecule has 0 aliphatic heterocycles. The lowest BCUT2D eigenvalue weighted by Gasteiger charge is -2.19. The van der Waals surface area contributed by atoms with Crippen LogP contribution in [0.15, 0.2) is 10.7 Å². The van der Waals surface area contributed by atoms with Crippen molar-refractivity contribution in [3.63, 3.8) is 0 Å². The van der Waals surface area contributed by atoms with Gasteiger partial charge in [-0.15, -0.1) is 0 Å². The van der Waals surface area contributed by atoms with Crippen molar-refractivity contribution in [2.75, 3.05) is 0 Å². The SMILES string of the molecule is CC(C)(C)OC(=O)c1c(F)ncc(Br)c1F. The maximum absolute atomic E-state index is 13.5. The zero-order valence-corrected chi connectivity index (χ0v) is 10.6. The van der Waals surface area contributed by atoms with Crippen molar-refractivity contribution < 1.29 is 18.3 Å². The maximum atomic E-state index is 13.5. The Balaban J connectivity index is 3.14. The minimum atomic E-state index is -1.19. The van der Waals surface area contributed by atoms with Crippen molar-refractivity contribution in [1.29, 1.82) is 0 Å². The van der Waals surface area contributed by atoms with E-state index in [-0.39, 0.29) is 4.47 Å². The van der Waals surface area contributed by atoms with Crippen LogP contribution in [0.25, 0.3) is 0 Å². The second-order valence-corrected chi connectivity index (χ2v) is 4.94. The van der Waals surface area contributed by atoms with Crippen LogP contribution in [0, 0.1) is 11.8 Å². The van der Waals surface area contributed by atoms with Crippen molar-refractivity contribution in [2.24, 2.45) is 0 Å². The van der Waals surface area contributed by atoms with Crippen molar-refractivity contribution in [3.8, 4) is 0 Å². The third kappa shape index (κ3) is 2.98. The summed E-state index contributed by atoms with van der Waals surface area (Å²) in [6.07, 6.45) is 0.943. The van der Waals surface area contributed by atoms with E-state index in [1.54, 1.807) is 20.8 Å². The number of carbonyl (C=O) groups excluding carboxylic acids is 1. The summed E-state index contributed by atoms with van der Waals surface area (Å²) in [6.45, 7) is 4.81. The fourth-order valence-electron chi connectivity index (χ4n) is 0.947. The van der Waals surface area contributed by atoms with Crippen LogP contribution in [0.1, 0.15) is 31.1 Å². The van der Waals surface area contributed by atoms with Gasteiger partial charge in [0.2, 0.25) is 5.95 Å². The van der Waals surface area contributed by atoms with Gasteiger partial charge in [0.25, 0.3) is 0 Å². The molecule has 3 nitrogen and oxygen atoms in total. The van der Waals surface area contributed by atoms with Crippen LogP contribution in [-0.2, 0) is 4.74 Å². The Kier molecular flexibility index (Phi) is 3.62. The van der Waals surface area contributed by atoms with Gasteiger partial charge in [0.15, 0.2) is 11.4 Å². The molecule has 16 heavy (non-hydrogen) atoms. The Morgan fingerprint density at radius 2 is 2.00 bits per heavy atom. The van der Waals surface area contributed by atoms with E-state index in [0.717, 1.165) is 6.20 Å². The highest BCUT2D eigenvalue weighted by atomic mass is 79.9. The number of hydrogen-bond acceptors (Lipinski definition) is 3. The number of rotatable bonds is 1. The zero-order valence-electron chi connectivity index (χ0n) is 8.97. The van der Waals surface area contributed by atoms with Gasteiger partial charge >= 0.3 is 5.97 Å². The summed E-state index contributed by atoms with van der Waals surface area (Å²) < 4.78 is 31.4. The molecule has 0 saturated heterocycles. The second kappa shape index (κ2) is 4.45. The third-order valence-corrected chi connectivity index (χ3v) is 2.08. The van der Waals surface area contributed by atoms with Crippen molar-refractivity contribution in [2.45, 2.75) is 26.4 Å². The summed E-state index contributed by atoms with van der Waals surface area (Å²) in [6, 6.07) is 0. The Morgan fingerprint density at radius 1 is 1.44 bits per heavy atom. The molecule has 0 aliphatic carbocycles. The molecule has 0 N–H and O–H groups in total. The standard InChI is InChI=1S/C10H10BrF2NO2/c1-10(2,3)16-9(15)6-7(12)5(11)4-14-8(6)13/h4H,1-3H3. The average molecular weight is 294 g/mol. The van der Waals surface area contributed by atoms with Gasteiger partial charge < -0.3 is 4.74 Å². The van der Waals surface area contributed by atoms with Crippen LogP contribution in [-0.4, -0.2) is 16.6 Å². The molecule has 0 unspecified atom stereocenters. The fraction of sp³-hybridized carbons (Fsp3) is 0.400. The topological polar surface area (TPSA) is 39.2 Å². The van der Waals surface area contributed by atoms with Gasteiger partial charge in [-0.3, -0.25) is 0 Å². The predicted octanol–water partition coefficient (Wildman–Crippen LogP) is 3.08. The second-order valence-electron chi connectivity index (χ2n) is 4.09. The van der Waals surface area contributed by atoms with Gasteiger partial charge in [0, 0.05) is 6.20 Å². The summed E-state index contributed by atoms with van der Waals surface area (Å²) in [4.78, 5) is 14.7. The van der Waals surface area contributed by atoms with Gasteiger partial charge in [0.1, 0.15) is 5.60 Å². The summed E-state index contributed by atoms with van der Waals surface area (Å²) in [7, 11) is 0. The molecule has 0 aromatic carbocycles. The van der Waals surface area contributed by atoms with Crippen molar-refractivity contribution in [1.82, 2.24) is 4.98 Å². The highest BCUT2D eigenvalue weighted by Crippen LogP contribution is 2.22. The number of esters is 1. The van der Waals surface area contributed by atoms with E-state index < -0.39 is 28.9 Å². The average Bonchev–Trinajstić information content (AvgIpc) is 2.09. The first kappa shape index (κ1) is 13.0. The third-order valence-electron chi connectivity index (χ3n) is 1.53. The number of aromatic nitrogens is 1. The summed E-state index contributed by atoms with van der Waals surface area (Å²) in [5, 5.41) is 0. The van der Waals surface area contributed by atoms with Crippen LogP contribution < -0.4 is 0 Å². The molecule has 0 fully saturated rings. The van der Waals surface area contributed by atoms with Crippen molar-refractivity contribution in [3.05, 3.63) is 28.0 Å². The number of ether oxygens (including phenoxy) is 1. The number of nitrogens with zero attached hydrogens (tertiary/aromatic N) is 1. The van der Waals surface area contributed by atoms with Crippen LogP contribution in [0.4, 0.5) is 8.78 Å². The van der Waals surface area contributed by atoms with E-state index in [0.29, 0.717) is 0 Å². The van der Waals surface area contributed by atoms with Gasteiger partial charge in [-0.05, 0) is 36.7 Å². The number of pyridine rings is 1. The molecule has 0 aliphatic rings. The molecule has 0 bridgehead atoms.